The van der Waals surface area contributed by atoms with Gasteiger partial charge in [-0.3, -0.25) is 4.90 Å². The molecule has 0 radical (unpaired) electrons. The van der Waals surface area contributed by atoms with Crippen molar-refractivity contribution in [1.29, 1.82) is 0 Å². The molecule has 0 aliphatic carbocycles. The molecular weight excluding hydrogens is 224 g/mol. The average Bonchev–Trinajstić information content (AvgIpc) is 2.41. The molecule has 2 rings (SSSR count). The van der Waals surface area contributed by atoms with Gasteiger partial charge in [-0.25, -0.2) is 0 Å². The van der Waals surface area contributed by atoms with Crippen LogP contribution in [-0.4, -0.2) is 50.8 Å². The van der Waals surface area contributed by atoms with Gasteiger partial charge < -0.3 is 10.1 Å². The van der Waals surface area contributed by atoms with E-state index in [9.17, 15) is 0 Å². The van der Waals surface area contributed by atoms with Crippen molar-refractivity contribution in [2.45, 2.75) is 6.10 Å². The summed E-state index contributed by atoms with van der Waals surface area (Å²) in [6.45, 7) is 4.81. The van der Waals surface area contributed by atoms with Gasteiger partial charge in [0, 0.05) is 26.2 Å². The Morgan fingerprint density at radius 3 is 3.00 bits per heavy atom. The van der Waals surface area contributed by atoms with E-state index in [1.165, 1.54) is 5.56 Å². The first-order valence-corrected chi connectivity index (χ1v) is 6.58. The monoisotopic (exact) mass is 246 g/mol. The van der Waals surface area contributed by atoms with Crippen LogP contribution in [0, 0.1) is 0 Å². The van der Waals surface area contributed by atoms with E-state index < -0.39 is 0 Å². The summed E-state index contributed by atoms with van der Waals surface area (Å²) in [5.74, 6) is 0. The van der Waals surface area contributed by atoms with Crippen LogP contribution in [0.4, 0.5) is 0 Å². The molecule has 1 aliphatic heterocycles. The van der Waals surface area contributed by atoms with Gasteiger partial charge in [0.05, 0.1) is 12.7 Å². The zero-order valence-corrected chi connectivity index (χ0v) is 11.0. The number of nitrogens with zero attached hydrogens (tertiary/aromatic N) is 1. The zero-order valence-electron chi connectivity index (χ0n) is 11.0. The molecule has 0 aromatic heterocycles. The predicted octanol–water partition coefficient (Wildman–Crippen LogP) is 1.62. The third kappa shape index (κ3) is 4.26. The van der Waals surface area contributed by atoms with Crippen LogP contribution in [0.1, 0.15) is 5.56 Å². The van der Waals surface area contributed by atoms with Crippen LogP contribution in [-0.2, 0) is 4.74 Å². The molecule has 98 valence electrons. The zero-order chi connectivity index (χ0) is 12.6. The molecule has 0 bridgehead atoms. The summed E-state index contributed by atoms with van der Waals surface area (Å²) in [6, 6.07) is 10.4. The number of hydrogen-bond donors (Lipinski definition) is 1. The summed E-state index contributed by atoms with van der Waals surface area (Å²) >= 11 is 0. The van der Waals surface area contributed by atoms with E-state index in [1.807, 2.05) is 13.1 Å². The van der Waals surface area contributed by atoms with Crippen molar-refractivity contribution in [3.8, 4) is 0 Å². The van der Waals surface area contributed by atoms with Gasteiger partial charge in [-0.1, -0.05) is 42.5 Å². The Morgan fingerprint density at radius 2 is 2.22 bits per heavy atom. The Labute approximate surface area is 109 Å². The highest BCUT2D eigenvalue weighted by Crippen LogP contribution is 2.06. The first-order chi connectivity index (χ1) is 8.88. The van der Waals surface area contributed by atoms with E-state index in [2.05, 4.69) is 46.6 Å². The summed E-state index contributed by atoms with van der Waals surface area (Å²) in [6.07, 6.45) is 4.74. The van der Waals surface area contributed by atoms with E-state index >= 15 is 0 Å². The van der Waals surface area contributed by atoms with Crippen LogP contribution in [0.25, 0.3) is 6.08 Å². The molecule has 1 aliphatic rings. The SMILES string of the molecule is CNCC1CN(C/C=C/c2ccccc2)CCO1. The molecule has 0 amide bonds. The second-order valence-corrected chi connectivity index (χ2v) is 4.62. The van der Waals surface area contributed by atoms with Crippen molar-refractivity contribution in [3.05, 3.63) is 42.0 Å². The molecule has 18 heavy (non-hydrogen) atoms. The van der Waals surface area contributed by atoms with E-state index in [4.69, 9.17) is 4.74 Å². The van der Waals surface area contributed by atoms with Crippen LogP contribution in [0.2, 0.25) is 0 Å². The highest BCUT2D eigenvalue weighted by molar-refractivity contribution is 5.48. The summed E-state index contributed by atoms with van der Waals surface area (Å²) < 4.78 is 5.68. The van der Waals surface area contributed by atoms with E-state index in [0.717, 1.165) is 32.8 Å². The molecule has 1 saturated heterocycles. The Morgan fingerprint density at radius 1 is 1.39 bits per heavy atom. The van der Waals surface area contributed by atoms with Crippen LogP contribution in [0.5, 0.6) is 0 Å². The van der Waals surface area contributed by atoms with Crippen molar-refractivity contribution < 1.29 is 4.74 Å². The van der Waals surface area contributed by atoms with Crippen LogP contribution in [0.15, 0.2) is 36.4 Å². The second kappa shape index (κ2) is 7.31. The van der Waals surface area contributed by atoms with Crippen molar-refractivity contribution >= 4 is 6.08 Å². The first kappa shape index (κ1) is 13.3. The van der Waals surface area contributed by atoms with Crippen molar-refractivity contribution in [2.75, 3.05) is 39.8 Å². The molecule has 1 unspecified atom stereocenters. The Kier molecular flexibility index (Phi) is 5.39. The highest BCUT2D eigenvalue weighted by Gasteiger charge is 2.18. The van der Waals surface area contributed by atoms with E-state index in [0.29, 0.717) is 6.10 Å². The lowest BCUT2D eigenvalue weighted by Gasteiger charge is -2.32. The predicted molar refractivity (Wildman–Crippen MR) is 75.6 cm³/mol. The van der Waals surface area contributed by atoms with Crippen molar-refractivity contribution in [2.24, 2.45) is 0 Å². The third-order valence-corrected chi connectivity index (χ3v) is 3.13. The number of rotatable bonds is 5. The molecule has 1 aromatic rings. The molecule has 1 fully saturated rings. The summed E-state index contributed by atoms with van der Waals surface area (Å²) in [7, 11) is 1.97. The molecule has 1 aromatic carbocycles. The van der Waals surface area contributed by atoms with Gasteiger partial charge in [0.25, 0.3) is 0 Å². The highest BCUT2D eigenvalue weighted by atomic mass is 16.5. The van der Waals surface area contributed by atoms with Crippen LogP contribution >= 0.6 is 0 Å². The molecule has 1 heterocycles. The van der Waals surface area contributed by atoms with Gasteiger partial charge in [-0.05, 0) is 12.6 Å². The molecule has 0 spiro atoms. The van der Waals surface area contributed by atoms with E-state index in [1.54, 1.807) is 0 Å². The van der Waals surface area contributed by atoms with Gasteiger partial charge in [-0.2, -0.15) is 0 Å². The number of likely N-dealkylation sites (N-methyl/N-ethyl adjacent to an activating group) is 1. The quantitative estimate of drug-likeness (QED) is 0.854. The maximum absolute atomic E-state index is 5.68. The number of ether oxygens (including phenoxy) is 1. The fourth-order valence-electron chi connectivity index (χ4n) is 2.20. The Balaban J connectivity index is 1.77. The lowest BCUT2D eigenvalue weighted by Crippen LogP contribution is -2.46. The largest absolute Gasteiger partial charge is 0.374 e. The molecule has 1 atom stereocenters. The second-order valence-electron chi connectivity index (χ2n) is 4.62. The molecule has 3 heteroatoms. The number of nitrogens with one attached hydrogen (secondary N) is 1. The minimum atomic E-state index is 0.328. The van der Waals surface area contributed by atoms with Gasteiger partial charge >= 0.3 is 0 Å². The van der Waals surface area contributed by atoms with Gasteiger partial charge in [0.1, 0.15) is 0 Å². The number of hydrogen-bond acceptors (Lipinski definition) is 3. The minimum Gasteiger partial charge on any atom is -0.374 e. The van der Waals surface area contributed by atoms with Crippen molar-refractivity contribution in [3.63, 3.8) is 0 Å². The fraction of sp³-hybridized carbons (Fsp3) is 0.467. The van der Waals surface area contributed by atoms with Crippen LogP contribution in [0.3, 0.4) is 0 Å². The van der Waals surface area contributed by atoms with Crippen LogP contribution < -0.4 is 5.32 Å². The summed E-state index contributed by atoms with van der Waals surface area (Å²) in [5, 5.41) is 3.17. The smallest absolute Gasteiger partial charge is 0.0826 e. The lowest BCUT2D eigenvalue weighted by atomic mass is 10.2. The van der Waals surface area contributed by atoms with Crippen molar-refractivity contribution in [1.82, 2.24) is 10.2 Å². The Hall–Kier alpha value is -1.16. The summed E-state index contributed by atoms with van der Waals surface area (Å²) in [4.78, 5) is 2.44. The minimum absolute atomic E-state index is 0.328. The maximum atomic E-state index is 5.68. The van der Waals surface area contributed by atoms with Gasteiger partial charge in [0.2, 0.25) is 0 Å². The van der Waals surface area contributed by atoms with Gasteiger partial charge in [0.15, 0.2) is 0 Å². The number of morpholine rings is 1. The Bertz CT molecular complexity index is 362. The van der Waals surface area contributed by atoms with Gasteiger partial charge in [-0.15, -0.1) is 0 Å². The first-order valence-electron chi connectivity index (χ1n) is 6.58. The summed E-state index contributed by atoms with van der Waals surface area (Å²) in [5.41, 5.74) is 1.26. The standard InChI is InChI=1S/C15H22N2O/c1-16-12-15-13-17(10-11-18-15)9-5-8-14-6-3-2-4-7-14/h2-8,15-16H,9-13H2,1H3/b8-5+. The topological polar surface area (TPSA) is 24.5 Å². The third-order valence-electron chi connectivity index (χ3n) is 3.13. The molecular formula is C15H22N2O. The number of benzene rings is 1. The maximum Gasteiger partial charge on any atom is 0.0826 e. The van der Waals surface area contributed by atoms with E-state index in [-0.39, 0.29) is 0 Å². The normalized spacial score (nSPS) is 21.5. The lowest BCUT2D eigenvalue weighted by molar-refractivity contribution is -0.0222. The average molecular weight is 246 g/mol. The fourth-order valence-corrected chi connectivity index (χ4v) is 2.20. The molecule has 1 N–H and O–H groups in total. The molecule has 0 saturated carbocycles. The molecule has 3 nitrogen and oxygen atoms in total.